The van der Waals surface area contributed by atoms with E-state index in [2.05, 4.69) is 21.9 Å². The molecular formula is C19H20ClN5O2. The van der Waals surface area contributed by atoms with Gasteiger partial charge in [-0.15, -0.1) is 0 Å². The van der Waals surface area contributed by atoms with Crippen molar-refractivity contribution in [3.63, 3.8) is 0 Å². The van der Waals surface area contributed by atoms with E-state index in [0.29, 0.717) is 17.1 Å². The highest BCUT2D eigenvalue weighted by Gasteiger charge is 2.00. The van der Waals surface area contributed by atoms with Crippen LogP contribution in [0.15, 0.2) is 71.2 Å². The number of halogens is 1. The van der Waals surface area contributed by atoms with Gasteiger partial charge in [-0.2, -0.15) is 4.99 Å². The highest BCUT2D eigenvalue weighted by atomic mass is 35.5. The van der Waals surface area contributed by atoms with Crippen molar-refractivity contribution in [2.45, 2.75) is 6.42 Å². The Bertz CT molecular complexity index is 845. The molecule has 0 spiro atoms. The van der Waals surface area contributed by atoms with Crippen molar-refractivity contribution in [3.8, 4) is 0 Å². The predicted molar refractivity (Wildman–Crippen MR) is 109 cm³/mol. The minimum atomic E-state index is -0.438. The number of esters is 1. The van der Waals surface area contributed by atoms with Crippen LogP contribution < -0.4 is 16.8 Å². The standard InChI is InChI=1S/C19H20ClN5O2/c1-2-17(26)27-12-11-13-3-7-15(8-4-13)23-18(21)25-19(22)24-16-9-5-14(20)6-10-16/h2-10H,1,11-12H2,(H5,21,22,23,24,25). The fourth-order valence-corrected chi connectivity index (χ4v) is 2.18. The molecule has 0 unspecified atom stereocenters. The van der Waals surface area contributed by atoms with E-state index in [0.717, 1.165) is 17.3 Å². The van der Waals surface area contributed by atoms with E-state index in [1.54, 1.807) is 36.4 Å². The van der Waals surface area contributed by atoms with Crippen LogP contribution in [0.25, 0.3) is 0 Å². The van der Waals surface area contributed by atoms with Crippen molar-refractivity contribution in [1.82, 2.24) is 0 Å². The summed E-state index contributed by atoms with van der Waals surface area (Å²) in [5.74, 6) is -0.312. The number of aliphatic imine (C=N–C) groups is 2. The second-order valence-electron chi connectivity index (χ2n) is 5.39. The Morgan fingerprint density at radius 2 is 1.81 bits per heavy atom. The summed E-state index contributed by atoms with van der Waals surface area (Å²) < 4.78 is 4.94. The number of carbonyl (C=O) groups is 1. The zero-order valence-electron chi connectivity index (χ0n) is 14.6. The smallest absolute Gasteiger partial charge is 0.330 e. The molecule has 2 aromatic rings. The highest BCUT2D eigenvalue weighted by Crippen LogP contribution is 2.14. The summed E-state index contributed by atoms with van der Waals surface area (Å²) in [5.41, 5.74) is 14.0. The molecule has 0 aliphatic rings. The largest absolute Gasteiger partial charge is 0.462 e. The lowest BCUT2D eigenvalue weighted by atomic mass is 10.1. The molecule has 0 aliphatic heterocycles. The van der Waals surface area contributed by atoms with Gasteiger partial charge in [-0.3, -0.25) is 0 Å². The minimum Gasteiger partial charge on any atom is -0.462 e. The predicted octanol–water partition coefficient (Wildman–Crippen LogP) is 2.98. The summed E-state index contributed by atoms with van der Waals surface area (Å²) in [5, 5.41) is 3.52. The Hall–Kier alpha value is -3.32. The molecule has 7 nitrogen and oxygen atoms in total. The fourth-order valence-electron chi connectivity index (χ4n) is 2.06. The van der Waals surface area contributed by atoms with E-state index >= 15 is 0 Å². The molecule has 0 atom stereocenters. The molecule has 0 amide bonds. The molecule has 2 aromatic carbocycles. The van der Waals surface area contributed by atoms with E-state index in [9.17, 15) is 4.79 Å². The number of hydrogen-bond donors (Lipinski definition) is 3. The van der Waals surface area contributed by atoms with E-state index in [1.807, 2.05) is 12.1 Å². The molecule has 0 aliphatic carbocycles. The van der Waals surface area contributed by atoms with Crippen LogP contribution in [0.3, 0.4) is 0 Å². The Labute approximate surface area is 162 Å². The Morgan fingerprint density at radius 1 is 1.15 bits per heavy atom. The van der Waals surface area contributed by atoms with Crippen LogP contribution >= 0.6 is 11.6 Å². The molecule has 27 heavy (non-hydrogen) atoms. The summed E-state index contributed by atoms with van der Waals surface area (Å²) in [7, 11) is 0. The van der Waals surface area contributed by atoms with Gasteiger partial charge in [0.1, 0.15) is 0 Å². The zero-order chi connectivity index (χ0) is 19.6. The molecule has 0 saturated carbocycles. The van der Waals surface area contributed by atoms with Gasteiger partial charge in [0.15, 0.2) is 0 Å². The number of hydrogen-bond acceptors (Lipinski definition) is 3. The molecule has 0 aromatic heterocycles. The van der Waals surface area contributed by atoms with Crippen molar-refractivity contribution >= 4 is 40.9 Å². The van der Waals surface area contributed by atoms with E-state index in [-0.39, 0.29) is 18.5 Å². The topological polar surface area (TPSA) is 115 Å². The first-order valence-electron chi connectivity index (χ1n) is 8.05. The number of nitrogens with zero attached hydrogens (tertiary/aromatic N) is 2. The quantitative estimate of drug-likeness (QED) is 0.306. The Balaban J connectivity index is 1.93. The number of nitrogens with two attached hydrogens (primary N) is 2. The van der Waals surface area contributed by atoms with Gasteiger partial charge in [0, 0.05) is 23.2 Å². The first kappa shape index (κ1) is 20.0. The number of benzene rings is 2. The first-order valence-corrected chi connectivity index (χ1v) is 8.43. The van der Waals surface area contributed by atoms with Gasteiger partial charge in [0.2, 0.25) is 11.9 Å². The normalized spacial score (nSPS) is 11.7. The van der Waals surface area contributed by atoms with Crippen LogP contribution in [-0.4, -0.2) is 24.5 Å². The number of guanidine groups is 2. The maximum atomic E-state index is 11.0. The van der Waals surface area contributed by atoms with Gasteiger partial charge >= 0.3 is 5.97 Å². The molecule has 0 fully saturated rings. The van der Waals surface area contributed by atoms with Crippen LogP contribution in [0.2, 0.25) is 5.02 Å². The summed E-state index contributed by atoms with van der Waals surface area (Å²) in [4.78, 5) is 19.2. The average molecular weight is 386 g/mol. The van der Waals surface area contributed by atoms with Gasteiger partial charge in [0.05, 0.1) is 12.3 Å². The Morgan fingerprint density at radius 3 is 2.44 bits per heavy atom. The van der Waals surface area contributed by atoms with E-state index < -0.39 is 5.97 Å². The van der Waals surface area contributed by atoms with Gasteiger partial charge in [-0.25, -0.2) is 9.79 Å². The maximum absolute atomic E-state index is 11.0. The number of carbonyl (C=O) groups excluding carboxylic acids is 1. The molecule has 2 rings (SSSR count). The summed E-state index contributed by atoms with van der Waals surface area (Å²) >= 11 is 5.83. The maximum Gasteiger partial charge on any atom is 0.330 e. The second kappa shape index (κ2) is 9.98. The molecule has 140 valence electrons. The highest BCUT2D eigenvalue weighted by molar-refractivity contribution is 6.30. The molecule has 0 bridgehead atoms. The number of rotatable bonds is 6. The first-order chi connectivity index (χ1) is 13.0. The SMILES string of the molecule is C=CC(=O)OCCc1ccc(N=C(N)N=C(N)Nc2ccc(Cl)cc2)cc1. The zero-order valence-corrected chi connectivity index (χ0v) is 15.3. The third kappa shape index (κ3) is 7.21. The molecule has 0 saturated heterocycles. The van der Waals surface area contributed by atoms with Crippen LogP contribution in [-0.2, 0) is 16.0 Å². The number of nitrogens with one attached hydrogen (secondary N) is 1. The molecule has 8 heteroatoms. The van der Waals surface area contributed by atoms with Gasteiger partial charge in [-0.05, 0) is 42.0 Å². The minimum absolute atomic E-state index is 0.0154. The van der Waals surface area contributed by atoms with Crippen LogP contribution in [0.1, 0.15) is 5.56 Å². The molecule has 5 N–H and O–H groups in total. The molecule has 0 radical (unpaired) electrons. The monoisotopic (exact) mass is 385 g/mol. The second-order valence-corrected chi connectivity index (χ2v) is 5.82. The average Bonchev–Trinajstić information content (AvgIpc) is 2.64. The van der Waals surface area contributed by atoms with Gasteiger partial charge < -0.3 is 21.5 Å². The number of anilines is 1. The van der Waals surface area contributed by atoms with Gasteiger partial charge in [-0.1, -0.05) is 30.3 Å². The summed E-state index contributed by atoms with van der Waals surface area (Å²) in [6.45, 7) is 3.63. The third-order valence-electron chi connectivity index (χ3n) is 3.33. The fraction of sp³-hybridized carbons (Fsp3) is 0.105. The molecule has 0 heterocycles. The van der Waals surface area contributed by atoms with Crippen molar-refractivity contribution < 1.29 is 9.53 Å². The van der Waals surface area contributed by atoms with Crippen molar-refractivity contribution in [1.29, 1.82) is 0 Å². The van der Waals surface area contributed by atoms with E-state index in [1.165, 1.54) is 0 Å². The lowest BCUT2D eigenvalue weighted by Gasteiger charge is -2.05. The van der Waals surface area contributed by atoms with Crippen LogP contribution in [0.5, 0.6) is 0 Å². The van der Waals surface area contributed by atoms with Crippen molar-refractivity contribution in [2.75, 3.05) is 11.9 Å². The summed E-state index contributed by atoms with van der Waals surface area (Å²) in [6, 6.07) is 14.3. The lowest BCUT2D eigenvalue weighted by Crippen LogP contribution is -2.25. The van der Waals surface area contributed by atoms with Crippen LogP contribution in [0, 0.1) is 0 Å². The lowest BCUT2D eigenvalue weighted by molar-refractivity contribution is -0.137. The number of ether oxygens (including phenoxy) is 1. The van der Waals surface area contributed by atoms with Gasteiger partial charge in [0.25, 0.3) is 0 Å². The van der Waals surface area contributed by atoms with Crippen LogP contribution in [0.4, 0.5) is 11.4 Å². The molecular weight excluding hydrogens is 366 g/mol. The van der Waals surface area contributed by atoms with Crippen molar-refractivity contribution in [2.24, 2.45) is 21.5 Å². The Kier molecular flexibility index (Phi) is 7.39. The third-order valence-corrected chi connectivity index (χ3v) is 3.59. The van der Waals surface area contributed by atoms with E-state index in [4.69, 9.17) is 27.8 Å². The van der Waals surface area contributed by atoms with Crippen molar-refractivity contribution in [3.05, 3.63) is 71.8 Å². The summed E-state index contributed by atoms with van der Waals surface area (Å²) in [6.07, 6.45) is 1.73.